The average molecular weight is 391 g/mol. The molecule has 4 amide bonds. The zero-order valence-corrected chi connectivity index (χ0v) is 16.0. The number of hydrazine groups is 1. The van der Waals surface area contributed by atoms with Crippen molar-refractivity contribution in [3.8, 4) is 0 Å². The van der Waals surface area contributed by atoms with Crippen LogP contribution in [-0.2, 0) is 9.59 Å². The Hall–Kier alpha value is -2.09. The highest BCUT2D eigenvalue weighted by atomic mass is 32.1. The molecule has 8 heteroatoms. The molecule has 4 aliphatic carbocycles. The van der Waals surface area contributed by atoms with Gasteiger partial charge in [-0.1, -0.05) is 6.07 Å². The Morgan fingerprint density at radius 1 is 1.11 bits per heavy atom. The van der Waals surface area contributed by atoms with Crippen LogP contribution >= 0.6 is 11.3 Å². The monoisotopic (exact) mass is 390 g/mol. The van der Waals surface area contributed by atoms with E-state index < -0.39 is 12.1 Å². The minimum atomic E-state index is -0.682. The molecule has 4 aliphatic rings. The van der Waals surface area contributed by atoms with E-state index in [0.717, 1.165) is 24.1 Å². The topological polar surface area (TPSA) is 113 Å². The van der Waals surface area contributed by atoms with Gasteiger partial charge in [-0.2, -0.15) is 0 Å². The van der Waals surface area contributed by atoms with Gasteiger partial charge in [-0.3, -0.25) is 20.4 Å². The number of rotatable bonds is 5. The fourth-order valence-corrected chi connectivity index (χ4v) is 6.55. The summed E-state index contributed by atoms with van der Waals surface area (Å²) in [5.74, 6) is 1.60. The summed E-state index contributed by atoms with van der Waals surface area (Å²) in [6.07, 6.45) is 6.65. The fourth-order valence-electron chi connectivity index (χ4n) is 5.77. The van der Waals surface area contributed by atoms with Crippen molar-refractivity contribution in [2.45, 2.75) is 51.0 Å². The van der Waals surface area contributed by atoms with Crippen molar-refractivity contribution in [2.75, 3.05) is 0 Å². The summed E-state index contributed by atoms with van der Waals surface area (Å²) < 4.78 is 0. The normalized spacial score (nSPS) is 31.9. The van der Waals surface area contributed by atoms with Crippen LogP contribution in [0.3, 0.4) is 0 Å². The van der Waals surface area contributed by atoms with Gasteiger partial charge in [-0.05, 0) is 67.7 Å². The highest BCUT2D eigenvalue weighted by Crippen LogP contribution is 2.60. The van der Waals surface area contributed by atoms with E-state index in [4.69, 9.17) is 5.73 Å². The molecule has 1 atom stereocenters. The molecule has 0 saturated heterocycles. The first-order chi connectivity index (χ1) is 12.9. The number of urea groups is 1. The first-order valence-corrected chi connectivity index (χ1v) is 10.5. The Bertz CT molecular complexity index is 698. The minimum Gasteiger partial charge on any atom is -0.352 e. The Labute approximate surface area is 162 Å². The highest BCUT2D eigenvalue weighted by molar-refractivity contribution is 7.10. The van der Waals surface area contributed by atoms with Gasteiger partial charge in [0.05, 0.1) is 17.9 Å². The number of nitrogens with two attached hydrogens (primary N) is 1. The standard InChI is InChI=1S/C19H26N4O3S/c20-18(26)21-14(15-2-1-3-27-15)7-16(24)22-23-17(25)19-8-11-4-12(9-19)6-13(5-11)10-19/h1-3,11-14H,4-10H2,(H,22,24)(H,23,25)(H3,20,21,26)/t11?,12?,13?,14-,19?/m0/s1. The molecule has 146 valence electrons. The fraction of sp³-hybridized carbons (Fsp3) is 0.632. The van der Waals surface area contributed by atoms with Crippen molar-refractivity contribution in [2.24, 2.45) is 28.9 Å². The molecule has 0 unspecified atom stereocenters. The number of carbonyl (C=O) groups is 3. The summed E-state index contributed by atoms with van der Waals surface area (Å²) >= 11 is 1.44. The van der Waals surface area contributed by atoms with Gasteiger partial charge >= 0.3 is 6.03 Å². The van der Waals surface area contributed by atoms with E-state index in [1.165, 1.54) is 30.6 Å². The summed E-state index contributed by atoms with van der Waals surface area (Å²) in [5.41, 5.74) is 10.1. The Morgan fingerprint density at radius 2 is 1.74 bits per heavy atom. The van der Waals surface area contributed by atoms with Crippen molar-refractivity contribution < 1.29 is 14.4 Å². The van der Waals surface area contributed by atoms with E-state index in [-0.39, 0.29) is 23.7 Å². The van der Waals surface area contributed by atoms with E-state index in [1.54, 1.807) is 0 Å². The van der Waals surface area contributed by atoms with Crippen molar-refractivity contribution >= 4 is 29.2 Å². The molecule has 0 aliphatic heterocycles. The van der Waals surface area contributed by atoms with Gasteiger partial charge in [0.2, 0.25) is 11.8 Å². The second-order valence-electron chi connectivity index (χ2n) is 8.48. The van der Waals surface area contributed by atoms with Crippen LogP contribution in [-0.4, -0.2) is 17.8 Å². The summed E-state index contributed by atoms with van der Waals surface area (Å²) in [6, 6.07) is 2.51. The van der Waals surface area contributed by atoms with Crippen LogP contribution < -0.4 is 21.9 Å². The smallest absolute Gasteiger partial charge is 0.312 e. The maximum Gasteiger partial charge on any atom is 0.312 e. The zero-order chi connectivity index (χ0) is 19.0. The van der Waals surface area contributed by atoms with Crippen LogP contribution in [0.1, 0.15) is 55.9 Å². The van der Waals surface area contributed by atoms with E-state index >= 15 is 0 Å². The second-order valence-corrected chi connectivity index (χ2v) is 9.46. The molecule has 4 fully saturated rings. The number of carbonyl (C=O) groups excluding carboxylic acids is 3. The first-order valence-electron chi connectivity index (χ1n) is 9.62. The maximum absolute atomic E-state index is 12.9. The lowest BCUT2D eigenvalue weighted by Gasteiger charge is -2.55. The third-order valence-corrected chi connectivity index (χ3v) is 7.41. The SMILES string of the molecule is NC(=O)N[C@@H](CC(=O)NNC(=O)C12CC3CC(CC(C3)C1)C2)c1cccs1. The van der Waals surface area contributed by atoms with E-state index in [9.17, 15) is 14.4 Å². The quantitative estimate of drug-likeness (QED) is 0.578. The molecule has 7 nitrogen and oxygen atoms in total. The minimum absolute atomic E-state index is 0.0185. The molecule has 1 aromatic heterocycles. The van der Waals surface area contributed by atoms with Crippen LogP contribution in [0.25, 0.3) is 0 Å². The number of hydrogen-bond donors (Lipinski definition) is 4. The van der Waals surface area contributed by atoms with Crippen LogP contribution in [0.5, 0.6) is 0 Å². The number of thiophene rings is 1. The van der Waals surface area contributed by atoms with Gasteiger partial charge in [0.15, 0.2) is 0 Å². The van der Waals surface area contributed by atoms with Gasteiger partial charge in [0.1, 0.15) is 0 Å². The average Bonchev–Trinajstić information content (AvgIpc) is 3.12. The lowest BCUT2D eigenvalue weighted by atomic mass is 9.49. The zero-order valence-electron chi connectivity index (χ0n) is 15.2. The third kappa shape index (κ3) is 3.81. The number of amides is 4. The second kappa shape index (κ2) is 7.14. The van der Waals surface area contributed by atoms with Gasteiger partial charge < -0.3 is 11.1 Å². The highest BCUT2D eigenvalue weighted by Gasteiger charge is 2.54. The molecule has 5 N–H and O–H groups in total. The van der Waals surface area contributed by atoms with E-state index in [0.29, 0.717) is 17.8 Å². The molecule has 4 saturated carbocycles. The predicted octanol–water partition coefficient (Wildman–Crippen LogP) is 2.21. The Balaban J connectivity index is 1.33. The molecule has 1 aromatic rings. The Morgan fingerprint density at radius 3 is 2.26 bits per heavy atom. The summed E-state index contributed by atoms with van der Waals surface area (Å²) in [5, 5.41) is 4.46. The van der Waals surface area contributed by atoms with E-state index in [2.05, 4.69) is 16.2 Å². The number of hydrogen-bond acceptors (Lipinski definition) is 4. The van der Waals surface area contributed by atoms with E-state index in [1.807, 2.05) is 17.5 Å². The van der Waals surface area contributed by atoms with Crippen LogP contribution in [0.15, 0.2) is 17.5 Å². The largest absolute Gasteiger partial charge is 0.352 e. The van der Waals surface area contributed by atoms with Gasteiger partial charge in [-0.25, -0.2) is 4.79 Å². The van der Waals surface area contributed by atoms with Crippen molar-refractivity contribution in [1.82, 2.24) is 16.2 Å². The molecular weight excluding hydrogens is 364 g/mol. The van der Waals surface area contributed by atoms with Gasteiger partial charge in [0.25, 0.3) is 0 Å². The molecule has 1 heterocycles. The summed E-state index contributed by atoms with van der Waals surface area (Å²) in [4.78, 5) is 37.3. The lowest BCUT2D eigenvalue weighted by Crippen LogP contribution is -2.56. The van der Waals surface area contributed by atoms with Crippen molar-refractivity contribution in [3.05, 3.63) is 22.4 Å². The summed E-state index contributed by atoms with van der Waals surface area (Å²) in [6.45, 7) is 0. The number of nitrogens with one attached hydrogen (secondary N) is 3. The van der Waals surface area contributed by atoms with Crippen molar-refractivity contribution in [1.29, 1.82) is 0 Å². The van der Waals surface area contributed by atoms with Crippen LogP contribution in [0.2, 0.25) is 0 Å². The molecule has 0 radical (unpaired) electrons. The molecule has 0 aromatic carbocycles. The number of primary amides is 1. The predicted molar refractivity (Wildman–Crippen MR) is 101 cm³/mol. The molecule has 0 spiro atoms. The van der Waals surface area contributed by atoms with Gasteiger partial charge in [-0.15, -0.1) is 11.3 Å². The summed E-state index contributed by atoms with van der Waals surface area (Å²) in [7, 11) is 0. The van der Waals surface area contributed by atoms with Crippen LogP contribution in [0.4, 0.5) is 4.79 Å². The van der Waals surface area contributed by atoms with Gasteiger partial charge in [0, 0.05) is 4.88 Å². The lowest BCUT2D eigenvalue weighted by molar-refractivity contribution is -0.149. The third-order valence-electron chi connectivity index (χ3n) is 6.43. The molecule has 4 bridgehead atoms. The molecular formula is C19H26N4O3S. The van der Waals surface area contributed by atoms with Crippen LogP contribution in [0, 0.1) is 23.2 Å². The molecule has 5 rings (SSSR count). The maximum atomic E-state index is 12.9. The van der Waals surface area contributed by atoms with Crippen molar-refractivity contribution in [3.63, 3.8) is 0 Å². The first kappa shape index (κ1) is 18.3. The molecule has 27 heavy (non-hydrogen) atoms. The Kier molecular flexibility index (Phi) is 4.84.